The summed E-state index contributed by atoms with van der Waals surface area (Å²) in [7, 11) is 3.31. The van der Waals surface area contributed by atoms with Crippen LogP contribution in [0.3, 0.4) is 0 Å². The van der Waals surface area contributed by atoms with E-state index in [-0.39, 0.29) is 48.4 Å². The molecule has 1 heterocycles. The van der Waals surface area contributed by atoms with Crippen molar-refractivity contribution in [3.05, 3.63) is 59.6 Å². The van der Waals surface area contributed by atoms with Crippen LogP contribution in [0.25, 0.3) is 0 Å². The van der Waals surface area contributed by atoms with E-state index in [9.17, 15) is 13.6 Å². The molecule has 0 aliphatic rings. The van der Waals surface area contributed by atoms with Crippen molar-refractivity contribution in [1.29, 1.82) is 0 Å². The number of nitrogens with one attached hydrogen (secondary N) is 2. The maximum atomic E-state index is 13.7. The fraction of sp³-hybridized carbons (Fsp3) is 0.368. The minimum absolute atomic E-state index is 0. The van der Waals surface area contributed by atoms with Crippen molar-refractivity contribution in [2.24, 2.45) is 4.99 Å². The summed E-state index contributed by atoms with van der Waals surface area (Å²) in [5.74, 6) is 0.179. The molecule has 1 aromatic heterocycles. The van der Waals surface area contributed by atoms with Crippen LogP contribution < -0.4 is 10.6 Å². The summed E-state index contributed by atoms with van der Waals surface area (Å²) in [5, 5.41) is 6.14. The van der Waals surface area contributed by atoms with Crippen LogP contribution in [-0.4, -0.2) is 50.5 Å². The summed E-state index contributed by atoms with van der Waals surface area (Å²) in [6, 6.07) is 7.05. The van der Waals surface area contributed by atoms with E-state index in [0.717, 1.165) is 17.9 Å². The van der Waals surface area contributed by atoms with Crippen molar-refractivity contribution in [1.82, 2.24) is 15.5 Å². The van der Waals surface area contributed by atoms with E-state index >= 15 is 0 Å². The van der Waals surface area contributed by atoms with Gasteiger partial charge in [-0.2, -0.15) is 0 Å². The smallest absolute Gasteiger partial charge is 0.243 e. The molecule has 9 heteroatoms. The maximum Gasteiger partial charge on any atom is 0.243 e. The predicted octanol–water partition coefficient (Wildman–Crippen LogP) is 2.58. The Balaban J connectivity index is 0.00000392. The van der Waals surface area contributed by atoms with Crippen LogP contribution in [0.5, 0.6) is 0 Å². The van der Waals surface area contributed by atoms with Crippen molar-refractivity contribution in [2.45, 2.75) is 12.8 Å². The third kappa shape index (κ3) is 8.24. The number of carbonyl (C=O) groups is 1. The van der Waals surface area contributed by atoms with Crippen LogP contribution in [0.4, 0.5) is 8.78 Å². The highest BCUT2D eigenvalue weighted by Crippen LogP contribution is 2.09. The molecule has 1 amide bonds. The number of guanidine groups is 1. The minimum atomic E-state index is -0.478. The Labute approximate surface area is 180 Å². The Morgan fingerprint density at radius 2 is 1.86 bits per heavy atom. The molecule has 0 radical (unpaired) electrons. The Hall–Kier alpha value is -2.17. The molecule has 1 aromatic carbocycles. The van der Waals surface area contributed by atoms with Gasteiger partial charge >= 0.3 is 0 Å². The molecule has 0 aliphatic heterocycles. The molecule has 2 rings (SSSR count). The third-order valence-electron chi connectivity index (χ3n) is 3.81. The Morgan fingerprint density at radius 3 is 2.50 bits per heavy atom. The zero-order chi connectivity index (χ0) is 19.6. The molecule has 2 N–H and O–H groups in total. The number of hydrogen-bond acceptors (Lipinski definition) is 3. The highest BCUT2D eigenvalue weighted by Gasteiger charge is 2.07. The van der Waals surface area contributed by atoms with Gasteiger partial charge in [-0.05, 0) is 42.3 Å². The van der Waals surface area contributed by atoms with E-state index in [2.05, 4.69) is 15.6 Å². The van der Waals surface area contributed by atoms with Gasteiger partial charge in [-0.25, -0.2) is 13.8 Å². The number of aliphatic imine (C=N–C) groups is 1. The molecular weight excluding hydrogens is 481 g/mol. The van der Waals surface area contributed by atoms with Gasteiger partial charge in [0.05, 0.1) is 6.26 Å². The highest BCUT2D eigenvalue weighted by atomic mass is 127. The molecule has 0 atom stereocenters. The second kappa shape index (κ2) is 12.3. The first kappa shape index (κ1) is 23.9. The lowest BCUT2D eigenvalue weighted by molar-refractivity contribution is -0.127. The summed E-state index contributed by atoms with van der Waals surface area (Å²) in [6.07, 6.45) is 2.53. The van der Waals surface area contributed by atoms with Crippen molar-refractivity contribution in [3.63, 3.8) is 0 Å². The minimum Gasteiger partial charge on any atom is -0.469 e. The summed E-state index contributed by atoms with van der Waals surface area (Å²) < 4.78 is 32.2. The fourth-order valence-electron chi connectivity index (χ4n) is 2.27. The SMILES string of the molecule is CN(C)C(=O)CN=C(NCCc1ccco1)NCCc1cc(F)ccc1F.I. The zero-order valence-electron chi connectivity index (χ0n) is 15.9. The fourth-order valence-corrected chi connectivity index (χ4v) is 2.27. The lowest BCUT2D eigenvalue weighted by Gasteiger charge is -2.14. The van der Waals surface area contributed by atoms with Gasteiger partial charge in [0.15, 0.2) is 5.96 Å². The highest BCUT2D eigenvalue weighted by molar-refractivity contribution is 14.0. The summed E-state index contributed by atoms with van der Waals surface area (Å²) in [5.41, 5.74) is 0.279. The van der Waals surface area contributed by atoms with E-state index in [4.69, 9.17) is 4.42 Å². The van der Waals surface area contributed by atoms with Crippen LogP contribution in [0.1, 0.15) is 11.3 Å². The van der Waals surface area contributed by atoms with Crippen LogP contribution in [0.2, 0.25) is 0 Å². The first-order chi connectivity index (χ1) is 13.0. The average Bonchev–Trinajstić information content (AvgIpc) is 3.15. The molecule has 0 aliphatic carbocycles. The predicted molar refractivity (Wildman–Crippen MR) is 115 cm³/mol. The number of amides is 1. The van der Waals surface area contributed by atoms with Crippen LogP contribution in [0, 0.1) is 11.6 Å². The molecule has 28 heavy (non-hydrogen) atoms. The van der Waals surface area contributed by atoms with Gasteiger partial charge in [0.1, 0.15) is 23.9 Å². The summed E-state index contributed by atoms with van der Waals surface area (Å²) >= 11 is 0. The normalized spacial score (nSPS) is 10.9. The number of likely N-dealkylation sites (N-methyl/N-ethyl adjacent to an activating group) is 1. The topological polar surface area (TPSA) is 69.9 Å². The largest absolute Gasteiger partial charge is 0.469 e. The van der Waals surface area contributed by atoms with Gasteiger partial charge in [-0.3, -0.25) is 4.79 Å². The van der Waals surface area contributed by atoms with Gasteiger partial charge in [0, 0.05) is 33.6 Å². The molecule has 6 nitrogen and oxygen atoms in total. The zero-order valence-corrected chi connectivity index (χ0v) is 18.2. The molecule has 2 aromatic rings. The van der Waals surface area contributed by atoms with Crippen LogP contribution in [0.15, 0.2) is 46.0 Å². The number of halogens is 3. The van der Waals surface area contributed by atoms with E-state index in [0.29, 0.717) is 25.5 Å². The van der Waals surface area contributed by atoms with Gasteiger partial charge in [-0.1, -0.05) is 0 Å². The number of carbonyl (C=O) groups excluding carboxylic acids is 1. The molecule has 0 saturated carbocycles. The molecule has 0 spiro atoms. The lowest BCUT2D eigenvalue weighted by atomic mass is 10.1. The number of rotatable bonds is 8. The number of hydrogen-bond donors (Lipinski definition) is 2. The van der Waals surface area contributed by atoms with E-state index < -0.39 is 11.6 Å². The van der Waals surface area contributed by atoms with Crippen molar-refractivity contribution < 1.29 is 18.0 Å². The first-order valence-electron chi connectivity index (χ1n) is 8.64. The standard InChI is InChI=1S/C19H24F2N4O2.HI/c1-25(2)18(26)13-24-19(23-10-8-16-4-3-11-27-16)22-9-7-14-12-15(20)5-6-17(14)21;/h3-6,11-12H,7-10,13H2,1-2H3,(H2,22,23,24);1H. The molecule has 0 fully saturated rings. The van der Waals surface area contributed by atoms with Gasteiger partial charge in [0.25, 0.3) is 0 Å². The average molecular weight is 506 g/mol. The Bertz CT molecular complexity index is 767. The second-order valence-electron chi connectivity index (χ2n) is 6.12. The number of benzene rings is 1. The number of furan rings is 1. The Morgan fingerprint density at radius 1 is 1.14 bits per heavy atom. The monoisotopic (exact) mass is 506 g/mol. The van der Waals surface area contributed by atoms with Crippen LogP contribution in [-0.2, 0) is 17.6 Å². The van der Waals surface area contributed by atoms with Gasteiger partial charge in [0.2, 0.25) is 5.91 Å². The van der Waals surface area contributed by atoms with Crippen molar-refractivity contribution >= 4 is 35.8 Å². The summed E-state index contributed by atoms with van der Waals surface area (Å²) in [6.45, 7) is 0.865. The molecular formula is C19H25F2IN4O2. The quantitative estimate of drug-likeness (QED) is 0.328. The Kier molecular flexibility index (Phi) is 10.5. The number of nitrogens with zero attached hydrogens (tertiary/aromatic N) is 2. The van der Waals surface area contributed by atoms with E-state index in [1.54, 1.807) is 20.4 Å². The van der Waals surface area contributed by atoms with Crippen LogP contribution >= 0.6 is 24.0 Å². The molecule has 0 saturated heterocycles. The van der Waals surface area contributed by atoms with Crippen molar-refractivity contribution in [2.75, 3.05) is 33.7 Å². The van der Waals surface area contributed by atoms with E-state index in [1.807, 2.05) is 12.1 Å². The third-order valence-corrected chi connectivity index (χ3v) is 3.81. The molecule has 154 valence electrons. The second-order valence-corrected chi connectivity index (χ2v) is 6.12. The maximum absolute atomic E-state index is 13.7. The van der Waals surface area contributed by atoms with Gasteiger partial charge < -0.3 is 20.0 Å². The van der Waals surface area contributed by atoms with Gasteiger partial charge in [-0.15, -0.1) is 24.0 Å². The summed E-state index contributed by atoms with van der Waals surface area (Å²) in [4.78, 5) is 17.4. The first-order valence-corrected chi connectivity index (χ1v) is 8.64. The molecule has 0 unspecified atom stereocenters. The molecule has 0 bridgehead atoms. The lowest BCUT2D eigenvalue weighted by Crippen LogP contribution is -2.40. The van der Waals surface area contributed by atoms with E-state index in [1.165, 1.54) is 11.0 Å². The van der Waals surface area contributed by atoms with Crippen molar-refractivity contribution in [3.8, 4) is 0 Å².